The Morgan fingerprint density at radius 3 is 1.67 bits per heavy atom. The Balaban J connectivity index is 0. The second-order valence-electron chi connectivity index (χ2n) is 8.13. The van der Waals surface area contributed by atoms with E-state index in [1.54, 1.807) is 0 Å². The molecule has 14 nitrogen and oxygen atoms in total. The van der Waals surface area contributed by atoms with Crippen molar-refractivity contribution in [3.8, 4) is 0 Å². The molecule has 0 aromatic carbocycles. The van der Waals surface area contributed by atoms with E-state index < -0.39 is 17.7 Å². The van der Waals surface area contributed by atoms with Crippen molar-refractivity contribution in [3.63, 3.8) is 0 Å². The van der Waals surface area contributed by atoms with Gasteiger partial charge in [0.05, 0.1) is 51.4 Å². The van der Waals surface area contributed by atoms with Crippen molar-refractivity contribution in [3.05, 3.63) is 0 Å². The van der Waals surface area contributed by atoms with Gasteiger partial charge in [0, 0.05) is 32.5 Å². The number of ether oxygens (including phenoxy) is 4. The van der Waals surface area contributed by atoms with Gasteiger partial charge in [0.2, 0.25) is 17.7 Å². The van der Waals surface area contributed by atoms with E-state index in [4.69, 9.17) is 37.6 Å². The van der Waals surface area contributed by atoms with Gasteiger partial charge in [0.1, 0.15) is 13.2 Å². The maximum absolute atomic E-state index is 11.7. The van der Waals surface area contributed by atoms with Crippen molar-refractivity contribution in [1.82, 2.24) is 16.0 Å². The number of carbonyl (C=O) groups is 5. The summed E-state index contributed by atoms with van der Waals surface area (Å²) in [6.07, 6.45) is 2.24. The quantitative estimate of drug-likeness (QED) is 0.0607. The molecule has 0 bridgehead atoms. The molecule has 0 rings (SSSR count). The van der Waals surface area contributed by atoms with Crippen LogP contribution in [0.25, 0.3) is 0 Å². The predicted molar refractivity (Wildman–Crippen MR) is 143 cm³/mol. The summed E-state index contributed by atoms with van der Waals surface area (Å²) in [5.74, 6) is -1.71. The Kier molecular flexibility index (Phi) is 26.7. The summed E-state index contributed by atoms with van der Waals surface area (Å²) in [5.41, 5.74) is 4.98. The molecule has 2 radical (unpaired) electrons. The summed E-state index contributed by atoms with van der Waals surface area (Å²) in [7, 11) is 5.07. The zero-order valence-electron chi connectivity index (χ0n) is 21.9. The van der Waals surface area contributed by atoms with Gasteiger partial charge >= 0.3 is 5.97 Å². The van der Waals surface area contributed by atoms with E-state index in [0.717, 1.165) is 0 Å². The summed E-state index contributed by atoms with van der Waals surface area (Å²) < 4.78 is 21.0. The number of nitrogens with two attached hydrogens (primary N) is 1. The summed E-state index contributed by atoms with van der Waals surface area (Å²) in [4.78, 5) is 55.9. The zero-order chi connectivity index (χ0) is 28.4. The molecule has 0 aromatic rings. The lowest BCUT2D eigenvalue weighted by Gasteiger charge is -2.09. The Morgan fingerprint density at radius 1 is 0.667 bits per heavy atom. The lowest BCUT2D eigenvalue weighted by Crippen LogP contribution is -2.32. The lowest BCUT2D eigenvalue weighted by atomic mass is 9.92. The van der Waals surface area contributed by atoms with Crippen molar-refractivity contribution in [2.24, 2.45) is 5.73 Å². The largest absolute Gasteiger partial charge is 0.481 e. The number of carboxylic acid groups (broad SMARTS) is 1. The number of amides is 3. The number of rotatable bonds is 26. The molecule has 3 amide bonds. The van der Waals surface area contributed by atoms with Crippen molar-refractivity contribution >= 4 is 37.2 Å². The summed E-state index contributed by atoms with van der Waals surface area (Å²) >= 11 is 0. The highest BCUT2D eigenvalue weighted by atomic mass is 16.5. The summed E-state index contributed by atoms with van der Waals surface area (Å²) in [6.45, 7) is 2.37. The number of hydrogen-bond acceptors (Lipinski definition) is 10. The maximum Gasteiger partial charge on any atom is 0.303 e. The molecule has 0 saturated carbocycles. The van der Waals surface area contributed by atoms with Crippen LogP contribution in [-0.4, -0.2) is 121 Å². The average molecular weight is 560 g/mol. The third-order valence-corrected chi connectivity index (χ3v) is 4.77. The first kappa shape index (κ1) is 38.6. The number of carboxylic acids is 1. The van der Waals surface area contributed by atoms with E-state index >= 15 is 0 Å². The van der Waals surface area contributed by atoms with Gasteiger partial charge in [-0.25, -0.2) is 0 Å². The van der Waals surface area contributed by atoms with Gasteiger partial charge in [0.25, 0.3) is 0 Å². The smallest absolute Gasteiger partial charge is 0.303 e. The van der Waals surface area contributed by atoms with E-state index in [1.165, 1.54) is 0 Å². The number of hydrogen-bond donors (Lipinski definition) is 5. The molecular formula is C24H45BN4O10. The van der Waals surface area contributed by atoms with E-state index in [0.29, 0.717) is 45.3 Å². The van der Waals surface area contributed by atoms with Crippen LogP contribution in [0.2, 0.25) is 0 Å². The molecule has 0 heterocycles. The molecule has 39 heavy (non-hydrogen) atoms. The molecule has 0 spiro atoms. The van der Waals surface area contributed by atoms with E-state index in [-0.39, 0.29) is 90.8 Å². The highest BCUT2D eigenvalue weighted by Gasteiger charge is 2.07. The fourth-order valence-electron chi connectivity index (χ4n) is 2.74. The maximum atomic E-state index is 11.7. The lowest BCUT2D eigenvalue weighted by molar-refractivity contribution is -0.137. The van der Waals surface area contributed by atoms with Crippen LogP contribution in [0.4, 0.5) is 0 Å². The first-order chi connectivity index (χ1) is 18.2. The number of nitrogens with one attached hydrogen (secondary N) is 3. The van der Waals surface area contributed by atoms with Crippen LogP contribution >= 0.6 is 0 Å². The van der Waals surface area contributed by atoms with Crippen LogP contribution in [0.1, 0.15) is 46.0 Å². The standard InChI is InChI=1S/C23H41BN4O10.CH4/c24-23(34)18(25)4-1-2-7-26-20(30)16-37-14-13-36-11-9-28-21(31)17-38-15-12-35-10-8-27-19(29)5-3-6-22(32)33;/h18H,1-17,25H2,(H,26,30)(H,27,29)(H,28,31)(H,32,33);1H4/t18-;/m0./s1. The highest BCUT2D eigenvalue weighted by molar-refractivity contribution is 6.59. The average Bonchev–Trinajstić information content (AvgIpc) is 2.86. The van der Waals surface area contributed by atoms with E-state index in [2.05, 4.69) is 16.0 Å². The van der Waals surface area contributed by atoms with Gasteiger partial charge in [0.15, 0.2) is 7.85 Å². The fraction of sp³-hybridized carbons (Fsp3) is 0.792. The van der Waals surface area contributed by atoms with Crippen LogP contribution in [0.3, 0.4) is 0 Å². The van der Waals surface area contributed by atoms with Gasteiger partial charge in [-0.3, -0.25) is 19.2 Å². The van der Waals surface area contributed by atoms with Crippen molar-refractivity contribution in [2.75, 3.05) is 72.5 Å². The fourth-order valence-corrected chi connectivity index (χ4v) is 2.74. The van der Waals surface area contributed by atoms with Gasteiger partial charge in [-0.15, -0.1) is 0 Å². The second-order valence-corrected chi connectivity index (χ2v) is 8.13. The first-order valence-electron chi connectivity index (χ1n) is 12.6. The first-order valence-corrected chi connectivity index (χ1v) is 12.6. The Labute approximate surface area is 231 Å². The van der Waals surface area contributed by atoms with Crippen LogP contribution in [0.15, 0.2) is 0 Å². The minimum Gasteiger partial charge on any atom is -0.481 e. The second kappa shape index (κ2) is 27.0. The van der Waals surface area contributed by atoms with Crippen LogP contribution in [0, 0.1) is 0 Å². The monoisotopic (exact) mass is 560 g/mol. The molecule has 15 heteroatoms. The van der Waals surface area contributed by atoms with Gasteiger partial charge < -0.3 is 50.5 Å². The van der Waals surface area contributed by atoms with Crippen molar-refractivity contribution < 1.29 is 48.0 Å². The molecule has 0 aliphatic rings. The molecule has 0 aliphatic heterocycles. The third-order valence-electron chi connectivity index (χ3n) is 4.77. The van der Waals surface area contributed by atoms with E-state index in [9.17, 15) is 24.0 Å². The minimum atomic E-state index is -0.931. The van der Waals surface area contributed by atoms with Gasteiger partial charge in [-0.05, 0) is 25.7 Å². The zero-order valence-corrected chi connectivity index (χ0v) is 21.9. The van der Waals surface area contributed by atoms with Crippen LogP contribution < -0.4 is 21.7 Å². The summed E-state index contributed by atoms with van der Waals surface area (Å²) in [6, 6.07) is -0.660. The third kappa shape index (κ3) is 28.2. The van der Waals surface area contributed by atoms with Crippen LogP contribution in [0.5, 0.6) is 0 Å². The number of carbonyl (C=O) groups excluding carboxylic acids is 4. The topological polar surface area (TPSA) is 205 Å². The van der Waals surface area contributed by atoms with Gasteiger partial charge in [-0.1, -0.05) is 7.43 Å². The molecule has 0 aromatic heterocycles. The summed E-state index contributed by atoms with van der Waals surface area (Å²) in [5, 5.41) is 16.5. The molecule has 6 N–H and O–H groups in total. The molecule has 224 valence electrons. The molecule has 0 aliphatic carbocycles. The number of unbranched alkanes of at least 4 members (excludes halogenated alkanes) is 1. The van der Waals surface area contributed by atoms with Crippen molar-refractivity contribution in [2.45, 2.75) is 52.0 Å². The van der Waals surface area contributed by atoms with Gasteiger partial charge in [-0.2, -0.15) is 0 Å². The van der Waals surface area contributed by atoms with E-state index in [1.807, 2.05) is 0 Å². The minimum absolute atomic E-state index is 0. The normalized spacial score (nSPS) is 11.2. The molecule has 1 atom stereocenters. The highest BCUT2D eigenvalue weighted by Crippen LogP contribution is 1.98. The molecule has 0 saturated heterocycles. The predicted octanol–water partition coefficient (Wildman–Crippen LogP) is -1.51. The number of aliphatic carboxylic acids is 1. The SMILES string of the molecule is C.[B]C(=O)[C@@H](N)CCCCNC(=O)COCCOCCNC(=O)COCCOCCNC(=O)CCCC(=O)O. The Bertz CT molecular complexity index is 700. The Morgan fingerprint density at radius 2 is 1.15 bits per heavy atom. The molecular weight excluding hydrogens is 515 g/mol. The van der Waals surface area contributed by atoms with Crippen LogP contribution in [-0.2, 0) is 42.9 Å². The van der Waals surface area contributed by atoms with Crippen molar-refractivity contribution in [1.29, 1.82) is 0 Å². The molecule has 0 fully saturated rings. The Hall–Kier alpha value is -2.59. The molecule has 0 unspecified atom stereocenters.